The molecule has 0 radical (unpaired) electrons. The third-order valence-corrected chi connectivity index (χ3v) is 8.42. The van der Waals surface area contributed by atoms with E-state index in [1.807, 2.05) is 0 Å². The molecule has 0 bridgehead atoms. The number of hydrogen-bond acceptors (Lipinski definition) is 9. The largest absolute Gasteiger partial charge is 0.384 e. The van der Waals surface area contributed by atoms with Crippen molar-refractivity contribution in [3.63, 3.8) is 0 Å². The molecular formula is C24H25N7O7S2. The number of H-pyrrole nitrogens is 1. The Labute approximate surface area is 229 Å². The van der Waals surface area contributed by atoms with E-state index in [0.29, 0.717) is 22.2 Å². The fourth-order valence-electron chi connectivity index (χ4n) is 4.11. The molecule has 0 aliphatic rings. The number of rotatable bonds is 9. The number of sulfonamides is 2. The molecule has 0 saturated heterocycles. The van der Waals surface area contributed by atoms with Crippen LogP contribution >= 0.6 is 0 Å². The number of nitrogens with one attached hydrogen (secondary N) is 4. The molecule has 8 N–H and O–H groups in total. The predicted molar refractivity (Wildman–Crippen MR) is 145 cm³/mol. The van der Waals surface area contributed by atoms with Crippen molar-refractivity contribution in [1.82, 2.24) is 24.6 Å². The Bertz CT molecular complexity index is 1870. The molecule has 0 fully saturated rings. The van der Waals surface area contributed by atoms with Gasteiger partial charge in [0.05, 0.1) is 22.3 Å². The number of fused-ring (bicyclic) bond motifs is 1. The average Bonchev–Trinajstić information content (AvgIpc) is 3.36. The molecule has 0 atom stereocenters. The summed E-state index contributed by atoms with van der Waals surface area (Å²) in [6, 6.07) is 12.7. The van der Waals surface area contributed by atoms with Gasteiger partial charge in [0.25, 0.3) is 20.0 Å². The molecule has 1 amide bonds. The van der Waals surface area contributed by atoms with Gasteiger partial charge in [-0.3, -0.25) is 10.2 Å². The molecule has 0 spiro atoms. The quantitative estimate of drug-likeness (QED) is 0.0844. The highest BCUT2D eigenvalue weighted by Crippen LogP contribution is 2.39. The van der Waals surface area contributed by atoms with E-state index >= 15 is 0 Å². The number of aromatic amines is 1. The van der Waals surface area contributed by atoms with Crippen LogP contribution in [0.25, 0.3) is 33.5 Å². The van der Waals surface area contributed by atoms with Crippen LogP contribution in [-0.2, 0) is 31.3 Å². The molecule has 14 nitrogen and oxygen atoms in total. The van der Waals surface area contributed by atoms with Gasteiger partial charge in [-0.05, 0) is 42.0 Å². The number of aromatic nitrogens is 2. The molecule has 210 valence electrons. The van der Waals surface area contributed by atoms with E-state index in [1.54, 1.807) is 26.2 Å². The van der Waals surface area contributed by atoms with Crippen molar-refractivity contribution >= 4 is 42.8 Å². The Balaban J connectivity index is 2.14. The highest BCUT2D eigenvalue weighted by molar-refractivity contribution is 7.90. The number of amides is 1. The van der Waals surface area contributed by atoms with Crippen molar-refractivity contribution in [2.45, 2.75) is 16.2 Å². The number of carbonyl (C=O) groups excluding carboxylic acids is 1. The molecule has 4 aromatic rings. The van der Waals surface area contributed by atoms with Crippen LogP contribution < -0.4 is 15.5 Å². The number of benzene rings is 3. The summed E-state index contributed by atoms with van der Waals surface area (Å²) in [5.41, 5.74) is 6.62. The maximum absolute atomic E-state index is 13.3. The molecule has 0 aliphatic carbocycles. The van der Waals surface area contributed by atoms with Gasteiger partial charge in [-0.15, -0.1) is 0 Å². The maximum atomic E-state index is 13.3. The lowest BCUT2D eigenvalue weighted by Gasteiger charge is -2.18. The van der Waals surface area contributed by atoms with Crippen LogP contribution in [0, 0.1) is 5.41 Å². The average molecular weight is 588 g/mol. The van der Waals surface area contributed by atoms with Gasteiger partial charge < -0.3 is 26.0 Å². The van der Waals surface area contributed by atoms with Gasteiger partial charge in [0.1, 0.15) is 16.6 Å². The van der Waals surface area contributed by atoms with E-state index in [4.69, 9.17) is 11.1 Å². The summed E-state index contributed by atoms with van der Waals surface area (Å²) in [5.74, 6) is -0.534. The van der Waals surface area contributed by atoms with Crippen molar-refractivity contribution in [2.75, 3.05) is 14.1 Å². The fraction of sp³-hybridized carbons (Fsp3) is 0.125. The van der Waals surface area contributed by atoms with Crippen LogP contribution in [0.15, 0.2) is 64.4 Å². The molecule has 4 rings (SSSR count). The van der Waals surface area contributed by atoms with E-state index in [-0.39, 0.29) is 40.7 Å². The van der Waals surface area contributed by atoms with Crippen LogP contribution in [0.4, 0.5) is 0 Å². The van der Waals surface area contributed by atoms with Gasteiger partial charge in [-0.25, -0.2) is 21.8 Å². The van der Waals surface area contributed by atoms with Gasteiger partial charge in [0.2, 0.25) is 5.91 Å². The monoisotopic (exact) mass is 587 g/mol. The number of carbonyl (C=O) groups is 1. The molecule has 0 saturated carbocycles. The molecule has 16 heteroatoms. The third-order valence-electron chi connectivity index (χ3n) is 6.03. The Morgan fingerprint density at radius 3 is 2.25 bits per heavy atom. The van der Waals surface area contributed by atoms with Crippen LogP contribution in [0.1, 0.15) is 11.1 Å². The van der Waals surface area contributed by atoms with Crippen molar-refractivity contribution in [3.05, 3.63) is 65.7 Å². The summed E-state index contributed by atoms with van der Waals surface area (Å²) < 4.78 is 51.9. The van der Waals surface area contributed by atoms with E-state index in [1.165, 1.54) is 51.1 Å². The molecular weight excluding hydrogens is 562 g/mol. The second-order valence-corrected chi connectivity index (χ2v) is 12.1. The van der Waals surface area contributed by atoms with E-state index < -0.39 is 29.8 Å². The standard InChI is InChI=1S/C24H25N7O7S2/c1-31(2)21(32)11-13-9-16(15-5-3-4-6-20(15)39(35,36)29-33)22(40(37,38)30-34)17(10-13)24-27-18-8-7-14(23(25)26)12-19(18)28-24/h3-10,12,29-30,33-34H,11H2,1-2H3,(H3,25,26)(H,27,28). The van der Waals surface area contributed by atoms with Gasteiger partial charge in [-0.2, -0.15) is 0 Å². The van der Waals surface area contributed by atoms with Crippen molar-refractivity contribution in [2.24, 2.45) is 5.73 Å². The van der Waals surface area contributed by atoms with Crippen LogP contribution in [0.2, 0.25) is 0 Å². The van der Waals surface area contributed by atoms with Gasteiger partial charge in [0.15, 0.2) is 0 Å². The molecule has 1 heterocycles. The second kappa shape index (κ2) is 10.8. The number of likely N-dealkylation sites (N-methyl/N-ethyl adjacent to an activating group) is 1. The second-order valence-electron chi connectivity index (χ2n) is 8.90. The summed E-state index contributed by atoms with van der Waals surface area (Å²) in [6.07, 6.45) is -0.193. The predicted octanol–water partition coefficient (Wildman–Crippen LogP) is 1.15. The molecule has 1 aromatic heterocycles. The fourth-order valence-corrected chi connectivity index (χ4v) is 5.93. The summed E-state index contributed by atoms with van der Waals surface area (Å²) in [5, 5.41) is 26.6. The molecule has 40 heavy (non-hydrogen) atoms. The number of hydrogen-bond donors (Lipinski definition) is 7. The minimum absolute atomic E-state index is 0.00514. The van der Waals surface area contributed by atoms with E-state index in [9.17, 15) is 32.0 Å². The van der Waals surface area contributed by atoms with Gasteiger partial charge in [-0.1, -0.05) is 28.0 Å². The summed E-state index contributed by atoms with van der Waals surface area (Å²) in [6.45, 7) is 0. The number of nitrogen functional groups attached to an aromatic ring is 1. The first-order valence-corrected chi connectivity index (χ1v) is 14.4. The first-order valence-electron chi connectivity index (χ1n) is 11.4. The van der Waals surface area contributed by atoms with Crippen LogP contribution in [-0.4, -0.2) is 68.0 Å². The number of imidazole rings is 1. The zero-order chi connectivity index (χ0) is 29.4. The summed E-state index contributed by atoms with van der Waals surface area (Å²) in [7, 11) is -6.15. The lowest BCUT2D eigenvalue weighted by molar-refractivity contribution is -0.127. The van der Waals surface area contributed by atoms with Crippen molar-refractivity contribution < 1.29 is 32.0 Å². The lowest BCUT2D eigenvalue weighted by Crippen LogP contribution is -2.25. The minimum Gasteiger partial charge on any atom is -0.384 e. The van der Waals surface area contributed by atoms with Crippen molar-refractivity contribution in [3.8, 4) is 22.5 Å². The smallest absolute Gasteiger partial charge is 0.263 e. The molecule has 0 aliphatic heterocycles. The summed E-state index contributed by atoms with van der Waals surface area (Å²) in [4.78, 5) is 22.9. The highest BCUT2D eigenvalue weighted by Gasteiger charge is 2.30. The first kappa shape index (κ1) is 28.8. The maximum Gasteiger partial charge on any atom is 0.263 e. The van der Waals surface area contributed by atoms with Gasteiger partial charge in [0, 0.05) is 36.3 Å². The number of amidine groups is 1. The zero-order valence-electron chi connectivity index (χ0n) is 21.1. The normalized spacial score (nSPS) is 12.0. The lowest BCUT2D eigenvalue weighted by atomic mass is 9.97. The Hall–Kier alpha value is -4.19. The number of nitrogens with zero attached hydrogens (tertiary/aromatic N) is 2. The molecule has 0 unspecified atom stereocenters. The summed E-state index contributed by atoms with van der Waals surface area (Å²) >= 11 is 0. The van der Waals surface area contributed by atoms with Crippen molar-refractivity contribution in [1.29, 1.82) is 5.41 Å². The Morgan fingerprint density at radius 1 is 0.975 bits per heavy atom. The van der Waals surface area contributed by atoms with E-state index in [2.05, 4.69) is 9.97 Å². The third kappa shape index (κ3) is 5.44. The Morgan fingerprint density at radius 2 is 1.62 bits per heavy atom. The highest BCUT2D eigenvalue weighted by atomic mass is 32.2. The van der Waals surface area contributed by atoms with Crippen LogP contribution in [0.5, 0.6) is 0 Å². The SMILES string of the molecule is CN(C)C(=O)Cc1cc(-c2nc3cc(C(=N)N)ccc3[nH]2)c(S(=O)(=O)NO)c(-c2ccccc2S(=O)(=O)NO)c1. The van der Waals surface area contributed by atoms with Crippen LogP contribution in [0.3, 0.4) is 0 Å². The van der Waals surface area contributed by atoms with Gasteiger partial charge >= 0.3 is 0 Å². The Kier molecular flexibility index (Phi) is 7.75. The topological polar surface area (TPSA) is 232 Å². The zero-order valence-corrected chi connectivity index (χ0v) is 22.8. The first-order chi connectivity index (χ1) is 18.8. The van der Waals surface area contributed by atoms with E-state index in [0.717, 1.165) is 6.07 Å². The number of nitrogens with two attached hydrogens (primary N) is 1. The molecule has 3 aromatic carbocycles. The minimum atomic E-state index is -4.73.